The van der Waals surface area contributed by atoms with E-state index in [1.54, 1.807) is 0 Å². The number of carbonyl (C=O) groups is 1. The van der Waals surface area contributed by atoms with Crippen LogP contribution < -0.4 is 0 Å². The van der Waals surface area contributed by atoms with E-state index in [1.165, 1.54) is 70.0 Å². The smallest absolute Gasteiger partial charge is 0.224 e. The van der Waals surface area contributed by atoms with Gasteiger partial charge in [0.15, 0.2) is 0 Å². The monoisotopic (exact) mass is 487 g/mol. The Labute approximate surface area is 195 Å². The third-order valence-electron chi connectivity index (χ3n) is 7.75. The maximum atomic E-state index is 13.2. The van der Waals surface area contributed by atoms with Crippen molar-refractivity contribution >= 4 is 32.9 Å². The zero-order valence-corrected chi connectivity index (χ0v) is 20.9. The molecule has 0 atom stereocenters. The molecule has 1 aromatic carbocycles. The van der Waals surface area contributed by atoms with Crippen molar-refractivity contribution in [3.05, 3.63) is 28.5 Å². The number of aryl methyl sites for hydroxylation is 1. The number of imidazole rings is 1. The number of amides is 1. The Morgan fingerprint density at radius 1 is 1.10 bits per heavy atom. The van der Waals surface area contributed by atoms with Gasteiger partial charge in [-0.25, -0.2) is 4.98 Å². The number of fused-ring (bicyclic) bond motifs is 1. The lowest BCUT2D eigenvalue weighted by Gasteiger charge is -2.34. The van der Waals surface area contributed by atoms with Crippen molar-refractivity contribution in [3.8, 4) is 0 Å². The molecule has 0 aliphatic heterocycles. The lowest BCUT2D eigenvalue weighted by molar-refractivity contribution is -0.134. The molecule has 2 aliphatic carbocycles. The van der Waals surface area contributed by atoms with Crippen molar-refractivity contribution in [2.45, 2.75) is 103 Å². The summed E-state index contributed by atoms with van der Waals surface area (Å²) < 4.78 is 3.44. The first-order valence-electron chi connectivity index (χ1n) is 12.6. The van der Waals surface area contributed by atoms with Gasteiger partial charge in [-0.1, -0.05) is 48.5 Å². The second-order valence-corrected chi connectivity index (χ2v) is 10.5. The highest BCUT2D eigenvalue weighted by Crippen LogP contribution is 2.38. The molecule has 0 bridgehead atoms. The summed E-state index contributed by atoms with van der Waals surface area (Å²) in [6.45, 7) is 6.01. The van der Waals surface area contributed by atoms with E-state index in [0.717, 1.165) is 34.5 Å². The number of rotatable bonds is 7. The van der Waals surface area contributed by atoms with Gasteiger partial charge in [-0.05, 0) is 69.6 Å². The van der Waals surface area contributed by atoms with Crippen LogP contribution in [0.25, 0.3) is 11.0 Å². The Kier molecular flexibility index (Phi) is 7.73. The molecule has 170 valence electrons. The van der Waals surface area contributed by atoms with Crippen LogP contribution in [-0.4, -0.2) is 32.9 Å². The van der Waals surface area contributed by atoms with E-state index in [2.05, 4.69) is 57.4 Å². The van der Waals surface area contributed by atoms with Gasteiger partial charge in [-0.15, -0.1) is 0 Å². The molecule has 0 N–H and O–H groups in total. The predicted octanol–water partition coefficient (Wildman–Crippen LogP) is 7.05. The normalized spacial score (nSPS) is 22.7. The van der Waals surface area contributed by atoms with E-state index in [1.807, 2.05) is 0 Å². The molecule has 5 heteroatoms. The molecule has 0 saturated heterocycles. The van der Waals surface area contributed by atoms with E-state index in [4.69, 9.17) is 4.98 Å². The number of halogens is 1. The number of aromatic nitrogens is 2. The quantitative estimate of drug-likeness (QED) is 0.419. The molecule has 1 amide bonds. The predicted molar refractivity (Wildman–Crippen MR) is 131 cm³/mol. The lowest BCUT2D eigenvalue weighted by atomic mass is 9.80. The summed E-state index contributed by atoms with van der Waals surface area (Å²) in [5.41, 5.74) is 2.22. The summed E-state index contributed by atoms with van der Waals surface area (Å²) in [7, 11) is 0. The van der Waals surface area contributed by atoms with E-state index in [9.17, 15) is 4.79 Å². The first-order valence-corrected chi connectivity index (χ1v) is 13.3. The first-order chi connectivity index (χ1) is 15.1. The van der Waals surface area contributed by atoms with Gasteiger partial charge in [0.1, 0.15) is 5.82 Å². The molecule has 2 aromatic rings. The van der Waals surface area contributed by atoms with E-state index >= 15 is 0 Å². The highest BCUT2D eigenvalue weighted by atomic mass is 79.9. The van der Waals surface area contributed by atoms with Gasteiger partial charge in [0, 0.05) is 35.9 Å². The standard InChI is InChI=1S/C26H38BrN3O/c1-3-19-10-12-20(13-11-19)26-28-23-15-14-21(27)18-24(23)30(26)17-16-25(31)29(4-2)22-8-6-5-7-9-22/h14-15,18-20,22H,3-13,16-17H2,1-2H3. The summed E-state index contributed by atoms with van der Waals surface area (Å²) in [4.78, 5) is 20.5. The number of nitrogens with zero attached hydrogens (tertiary/aromatic N) is 3. The largest absolute Gasteiger partial charge is 0.340 e. The van der Waals surface area contributed by atoms with Crippen molar-refractivity contribution < 1.29 is 4.79 Å². The molecule has 1 heterocycles. The molecule has 1 aromatic heterocycles. The molecule has 0 unspecified atom stereocenters. The van der Waals surface area contributed by atoms with Gasteiger partial charge in [0.05, 0.1) is 11.0 Å². The average molecular weight is 489 g/mol. The van der Waals surface area contributed by atoms with Gasteiger partial charge < -0.3 is 9.47 Å². The van der Waals surface area contributed by atoms with Gasteiger partial charge >= 0.3 is 0 Å². The number of carbonyl (C=O) groups excluding carboxylic acids is 1. The highest BCUT2D eigenvalue weighted by Gasteiger charge is 2.28. The second-order valence-electron chi connectivity index (χ2n) is 9.60. The minimum absolute atomic E-state index is 0.312. The fourth-order valence-corrected chi connectivity index (χ4v) is 6.22. The third kappa shape index (κ3) is 5.18. The van der Waals surface area contributed by atoms with Crippen LogP contribution in [0.4, 0.5) is 0 Å². The lowest BCUT2D eigenvalue weighted by Crippen LogP contribution is -2.41. The topological polar surface area (TPSA) is 38.1 Å². The second kappa shape index (κ2) is 10.5. The zero-order chi connectivity index (χ0) is 21.8. The summed E-state index contributed by atoms with van der Waals surface area (Å²) >= 11 is 3.64. The Balaban J connectivity index is 1.54. The van der Waals surface area contributed by atoms with Crippen LogP contribution in [0.15, 0.2) is 22.7 Å². The summed E-state index contributed by atoms with van der Waals surface area (Å²) in [6, 6.07) is 6.81. The number of benzene rings is 1. The van der Waals surface area contributed by atoms with Crippen LogP contribution in [0.1, 0.15) is 96.2 Å². The Hall–Kier alpha value is -1.36. The van der Waals surface area contributed by atoms with Gasteiger partial charge in [0.25, 0.3) is 0 Å². The fourth-order valence-electron chi connectivity index (χ4n) is 5.87. The van der Waals surface area contributed by atoms with Crippen molar-refractivity contribution in [1.82, 2.24) is 14.5 Å². The fraction of sp³-hybridized carbons (Fsp3) is 0.692. The molecule has 0 spiro atoms. The van der Waals surface area contributed by atoms with Crippen molar-refractivity contribution in [3.63, 3.8) is 0 Å². The third-order valence-corrected chi connectivity index (χ3v) is 8.25. The summed E-state index contributed by atoms with van der Waals surface area (Å²) in [5, 5.41) is 0. The zero-order valence-electron chi connectivity index (χ0n) is 19.3. The number of hydrogen-bond acceptors (Lipinski definition) is 2. The Morgan fingerprint density at radius 3 is 2.52 bits per heavy atom. The number of hydrogen-bond donors (Lipinski definition) is 0. The molecular weight excluding hydrogens is 450 g/mol. The van der Waals surface area contributed by atoms with Crippen LogP contribution in [0.5, 0.6) is 0 Å². The van der Waals surface area contributed by atoms with E-state index in [0.29, 0.717) is 24.3 Å². The van der Waals surface area contributed by atoms with Crippen LogP contribution in [0, 0.1) is 5.92 Å². The molecule has 0 radical (unpaired) electrons. The molecule has 2 aliphatic rings. The molecule has 4 nitrogen and oxygen atoms in total. The molecule has 2 fully saturated rings. The van der Waals surface area contributed by atoms with Crippen LogP contribution in [0.3, 0.4) is 0 Å². The maximum Gasteiger partial charge on any atom is 0.224 e. The minimum Gasteiger partial charge on any atom is -0.340 e. The molecule has 4 rings (SSSR count). The molecule has 31 heavy (non-hydrogen) atoms. The van der Waals surface area contributed by atoms with Crippen molar-refractivity contribution in [2.24, 2.45) is 5.92 Å². The van der Waals surface area contributed by atoms with Gasteiger partial charge in [-0.2, -0.15) is 0 Å². The SMILES string of the molecule is CCC1CCC(c2nc3ccc(Br)cc3n2CCC(=O)N(CC)C2CCCCC2)CC1. The summed E-state index contributed by atoms with van der Waals surface area (Å²) in [5.74, 6) is 2.91. The van der Waals surface area contributed by atoms with Crippen molar-refractivity contribution in [1.29, 1.82) is 0 Å². The van der Waals surface area contributed by atoms with E-state index in [-0.39, 0.29) is 0 Å². The first kappa shape index (κ1) is 22.8. The van der Waals surface area contributed by atoms with Crippen LogP contribution >= 0.6 is 15.9 Å². The maximum absolute atomic E-state index is 13.2. The van der Waals surface area contributed by atoms with Gasteiger partial charge in [0.2, 0.25) is 5.91 Å². The summed E-state index contributed by atoms with van der Waals surface area (Å²) in [6.07, 6.45) is 13.1. The Morgan fingerprint density at radius 2 is 1.84 bits per heavy atom. The van der Waals surface area contributed by atoms with Crippen LogP contribution in [0.2, 0.25) is 0 Å². The highest BCUT2D eigenvalue weighted by molar-refractivity contribution is 9.10. The van der Waals surface area contributed by atoms with Gasteiger partial charge in [-0.3, -0.25) is 4.79 Å². The average Bonchev–Trinajstić information content (AvgIpc) is 3.16. The van der Waals surface area contributed by atoms with E-state index < -0.39 is 0 Å². The molecular formula is C26H38BrN3O. The van der Waals surface area contributed by atoms with Crippen LogP contribution in [-0.2, 0) is 11.3 Å². The Bertz CT molecular complexity index is 878. The molecule has 2 saturated carbocycles. The van der Waals surface area contributed by atoms with Crippen molar-refractivity contribution in [2.75, 3.05) is 6.54 Å². The minimum atomic E-state index is 0.312.